The lowest BCUT2D eigenvalue weighted by molar-refractivity contribution is -0.146. The highest BCUT2D eigenvalue weighted by atomic mass is 16.5. The van der Waals surface area contributed by atoms with Crippen molar-refractivity contribution in [3.63, 3.8) is 0 Å². The van der Waals surface area contributed by atoms with E-state index in [1.54, 1.807) is 0 Å². The molecule has 0 radical (unpaired) electrons. The summed E-state index contributed by atoms with van der Waals surface area (Å²) in [6, 6.07) is -2.86. The Labute approximate surface area is 111 Å². The molecule has 0 saturated carbocycles. The van der Waals surface area contributed by atoms with E-state index in [0.29, 0.717) is 6.42 Å². The van der Waals surface area contributed by atoms with Crippen molar-refractivity contribution < 1.29 is 24.2 Å². The molecule has 2 atom stereocenters. The molecule has 0 aliphatic heterocycles. The van der Waals surface area contributed by atoms with Gasteiger partial charge in [0.1, 0.15) is 6.04 Å². The topological polar surface area (TPSA) is 131 Å². The normalized spacial score (nSPS) is 13.5. The van der Waals surface area contributed by atoms with Gasteiger partial charge in [0.25, 0.3) is 0 Å². The van der Waals surface area contributed by atoms with Crippen molar-refractivity contribution in [2.24, 2.45) is 11.7 Å². The van der Waals surface area contributed by atoms with E-state index in [-0.39, 0.29) is 5.92 Å². The molecule has 0 rings (SSSR count). The fourth-order valence-corrected chi connectivity index (χ4v) is 1.47. The van der Waals surface area contributed by atoms with E-state index >= 15 is 0 Å². The number of primary amides is 1. The number of ether oxygens (including phenoxy) is 1. The molecule has 19 heavy (non-hydrogen) atoms. The molecular weight excluding hydrogens is 254 g/mol. The minimum atomic E-state index is -1.16. The lowest BCUT2D eigenvalue weighted by Crippen LogP contribution is -2.54. The Morgan fingerprint density at radius 3 is 2.16 bits per heavy atom. The highest BCUT2D eigenvalue weighted by molar-refractivity contribution is 5.90. The predicted octanol–water partition coefficient (Wildman–Crippen LogP) is -1.28. The largest absolute Gasteiger partial charge is 0.467 e. The van der Waals surface area contributed by atoms with Crippen molar-refractivity contribution in [3.05, 3.63) is 0 Å². The molecular formula is C11H21N3O5. The molecule has 110 valence electrons. The van der Waals surface area contributed by atoms with Gasteiger partial charge < -0.3 is 26.2 Å². The number of nitrogens with one attached hydrogen (secondary N) is 2. The third-order valence-corrected chi connectivity index (χ3v) is 2.32. The first-order valence-electron chi connectivity index (χ1n) is 5.86. The van der Waals surface area contributed by atoms with Crippen LogP contribution in [0.25, 0.3) is 0 Å². The molecule has 0 bridgehead atoms. The molecule has 5 N–H and O–H groups in total. The maximum Gasteiger partial charge on any atom is 0.330 e. The van der Waals surface area contributed by atoms with Crippen molar-refractivity contribution in [1.29, 1.82) is 0 Å². The summed E-state index contributed by atoms with van der Waals surface area (Å²) >= 11 is 0. The van der Waals surface area contributed by atoms with Gasteiger partial charge in [-0.3, -0.25) is 4.79 Å². The Morgan fingerprint density at radius 1 is 1.21 bits per heavy atom. The molecule has 0 spiro atoms. The zero-order valence-electron chi connectivity index (χ0n) is 11.3. The molecule has 0 fully saturated rings. The standard InChI is InChI=1S/C11H21N3O5/c1-6(2)4-7(14-11(12)18)9(16)13-8(5-15)10(17)19-3/h6-8,15H,4-5H2,1-3H3,(H,13,16)(H3,12,14,18). The third-order valence-electron chi connectivity index (χ3n) is 2.32. The van der Waals surface area contributed by atoms with Gasteiger partial charge in [0.05, 0.1) is 13.7 Å². The van der Waals surface area contributed by atoms with Crippen LogP contribution >= 0.6 is 0 Å². The molecule has 0 aliphatic carbocycles. The Balaban J connectivity index is 4.69. The average Bonchev–Trinajstić information content (AvgIpc) is 2.32. The number of urea groups is 1. The molecule has 8 heteroatoms. The van der Waals surface area contributed by atoms with Gasteiger partial charge in [-0.15, -0.1) is 0 Å². The van der Waals surface area contributed by atoms with Crippen LogP contribution in [0, 0.1) is 5.92 Å². The molecule has 0 heterocycles. The summed E-state index contributed by atoms with van der Waals surface area (Å²) in [6.45, 7) is 3.14. The van der Waals surface area contributed by atoms with Crippen LogP contribution in [-0.2, 0) is 14.3 Å². The SMILES string of the molecule is COC(=O)C(CO)NC(=O)C(CC(C)C)NC(N)=O. The van der Waals surface area contributed by atoms with E-state index in [0.717, 1.165) is 7.11 Å². The average molecular weight is 275 g/mol. The summed E-state index contributed by atoms with van der Waals surface area (Å²) in [5.74, 6) is -1.23. The van der Waals surface area contributed by atoms with Crippen LogP contribution in [0.15, 0.2) is 0 Å². The summed E-state index contributed by atoms with van der Waals surface area (Å²) in [6.07, 6.45) is 0.355. The fraction of sp³-hybridized carbons (Fsp3) is 0.727. The maximum absolute atomic E-state index is 11.9. The zero-order chi connectivity index (χ0) is 15.0. The van der Waals surface area contributed by atoms with Crippen LogP contribution < -0.4 is 16.4 Å². The molecule has 8 nitrogen and oxygen atoms in total. The minimum absolute atomic E-state index is 0.133. The summed E-state index contributed by atoms with van der Waals surface area (Å²) in [4.78, 5) is 34.0. The Morgan fingerprint density at radius 2 is 1.79 bits per heavy atom. The zero-order valence-corrected chi connectivity index (χ0v) is 11.3. The van der Waals surface area contributed by atoms with Gasteiger partial charge in [0.2, 0.25) is 5.91 Å². The molecule has 0 saturated heterocycles. The number of rotatable bonds is 7. The predicted molar refractivity (Wildman–Crippen MR) is 67.0 cm³/mol. The van der Waals surface area contributed by atoms with E-state index in [1.807, 2.05) is 13.8 Å². The van der Waals surface area contributed by atoms with Crippen LogP contribution in [0.2, 0.25) is 0 Å². The van der Waals surface area contributed by atoms with Gasteiger partial charge in [-0.05, 0) is 12.3 Å². The molecule has 0 aromatic heterocycles. The Bertz CT molecular complexity index is 332. The van der Waals surface area contributed by atoms with Gasteiger partial charge in [-0.1, -0.05) is 13.8 Å². The molecule has 0 aromatic carbocycles. The minimum Gasteiger partial charge on any atom is -0.467 e. The number of methoxy groups -OCH3 is 1. The number of nitrogens with two attached hydrogens (primary N) is 1. The number of carbonyl (C=O) groups is 3. The summed E-state index contributed by atoms with van der Waals surface area (Å²) in [7, 11) is 1.14. The van der Waals surface area contributed by atoms with Gasteiger partial charge in [0.15, 0.2) is 6.04 Å². The Kier molecular flexibility index (Phi) is 7.50. The summed E-state index contributed by atoms with van der Waals surface area (Å²) in [5.41, 5.74) is 4.99. The van der Waals surface area contributed by atoms with Crippen molar-refractivity contribution >= 4 is 17.9 Å². The highest BCUT2D eigenvalue weighted by Gasteiger charge is 2.26. The second-order valence-electron chi connectivity index (χ2n) is 4.46. The first kappa shape index (κ1) is 17.2. The van der Waals surface area contributed by atoms with Crippen LogP contribution in [0.1, 0.15) is 20.3 Å². The monoisotopic (exact) mass is 275 g/mol. The molecule has 2 unspecified atom stereocenters. The Hall–Kier alpha value is -1.83. The van der Waals surface area contributed by atoms with Crippen molar-refractivity contribution in [1.82, 2.24) is 10.6 Å². The quantitative estimate of drug-likeness (QED) is 0.430. The van der Waals surface area contributed by atoms with E-state index in [9.17, 15) is 14.4 Å². The van der Waals surface area contributed by atoms with E-state index < -0.39 is 36.6 Å². The number of hydrogen-bond donors (Lipinski definition) is 4. The van der Waals surface area contributed by atoms with Gasteiger partial charge in [-0.25, -0.2) is 9.59 Å². The second kappa shape index (κ2) is 8.30. The number of aliphatic hydroxyl groups is 1. The summed E-state index contributed by atoms with van der Waals surface area (Å²) < 4.78 is 4.42. The van der Waals surface area contributed by atoms with Crippen molar-refractivity contribution in [2.45, 2.75) is 32.4 Å². The first-order chi connectivity index (χ1) is 8.81. The van der Waals surface area contributed by atoms with E-state index in [4.69, 9.17) is 10.8 Å². The number of amides is 3. The van der Waals surface area contributed by atoms with Crippen LogP contribution in [0.5, 0.6) is 0 Å². The third kappa shape index (κ3) is 6.61. The fourth-order valence-electron chi connectivity index (χ4n) is 1.47. The number of carbonyl (C=O) groups excluding carboxylic acids is 3. The molecule has 3 amide bonds. The van der Waals surface area contributed by atoms with Gasteiger partial charge >= 0.3 is 12.0 Å². The van der Waals surface area contributed by atoms with Gasteiger partial charge in [0, 0.05) is 0 Å². The highest BCUT2D eigenvalue weighted by Crippen LogP contribution is 2.05. The lowest BCUT2D eigenvalue weighted by Gasteiger charge is -2.21. The van der Waals surface area contributed by atoms with E-state index in [2.05, 4.69) is 15.4 Å². The number of esters is 1. The van der Waals surface area contributed by atoms with Crippen LogP contribution in [0.4, 0.5) is 4.79 Å². The van der Waals surface area contributed by atoms with Crippen LogP contribution in [0.3, 0.4) is 0 Å². The number of hydrogen-bond acceptors (Lipinski definition) is 5. The van der Waals surface area contributed by atoms with Crippen molar-refractivity contribution in [3.8, 4) is 0 Å². The number of aliphatic hydroxyl groups excluding tert-OH is 1. The maximum atomic E-state index is 11.9. The second-order valence-corrected chi connectivity index (χ2v) is 4.46. The van der Waals surface area contributed by atoms with E-state index in [1.165, 1.54) is 0 Å². The molecule has 0 aliphatic rings. The summed E-state index contributed by atoms with van der Waals surface area (Å²) in [5, 5.41) is 13.6. The first-order valence-corrected chi connectivity index (χ1v) is 5.86. The van der Waals surface area contributed by atoms with Crippen LogP contribution in [-0.4, -0.2) is 48.8 Å². The smallest absolute Gasteiger partial charge is 0.330 e. The van der Waals surface area contributed by atoms with Gasteiger partial charge in [-0.2, -0.15) is 0 Å². The van der Waals surface area contributed by atoms with Crippen molar-refractivity contribution in [2.75, 3.05) is 13.7 Å². The lowest BCUT2D eigenvalue weighted by atomic mass is 10.0. The molecule has 0 aromatic rings.